The third kappa shape index (κ3) is 3.71. The van der Waals surface area contributed by atoms with Crippen LogP contribution in [0.1, 0.15) is 23.1 Å². The molecule has 2 aromatic rings. The summed E-state index contributed by atoms with van der Waals surface area (Å²) >= 11 is 0. The van der Waals surface area contributed by atoms with Crippen LogP contribution >= 0.6 is 0 Å². The molecular formula is C20H23NO4S. The van der Waals surface area contributed by atoms with Gasteiger partial charge < -0.3 is 9.47 Å². The van der Waals surface area contributed by atoms with Crippen LogP contribution in [-0.2, 0) is 29.4 Å². The minimum Gasteiger partial charge on any atom is -0.486 e. The molecule has 0 spiro atoms. The molecule has 0 aromatic heterocycles. The van der Waals surface area contributed by atoms with Gasteiger partial charge in [-0.05, 0) is 48.1 Å². The van der Waals surface area contributed by atoms with Crippen LogP contribution in [0.3, 0.4) is 0 Å². The summed E-state index contributed by atoms with van der Waals surface area (Å²) in [5.41, 5.74) is 3.35. The number of benzene rings is 2. The molecule has 4 rings (SSSR count). The van der Waals surface area contributed by atoms with E-state index in [2.05, 4.69) is 0 Å². The van der Waals surface area contributed by atoms with E-state index >= 15 is 0 Å². The molecule has 2 aromatic carbocycles. The third-order valence-corrected chi connectivity index (χ3v) is 6.85. The van der Waals surface area contributed by atoms with E-state index in [1.54, 1.807) is 4.31 Å². The second-order valence-electron chi connectivity index (χ2n) is 6.75. The van der Waals surface area contributed by atoms with Crippen molar-refractivity contribution >= 4 is 10.0 Å². The molecule has 0 N–H and O–H groups in total. The van der Waals surface area contributed by atoms with E-state index in [-0.39, 0.29) is 5.75 Å². The summed E-state index contributed by atoms with van der Waals surface area (Å²) in [6, 6.07) is 14.0. The lowest BCUT2D eigenvalue weighted by atomic mass is 10.00. The van der Waals surface area contributed by atoms with Gasteiger partial charge in [-0.25, -0.2) is 8.42 Å². The van der Waals surface area contributed by atoms with Gasteiger partial charge in [-0.15, -0.1) is 0 Å². The molecule has 0 unspecified atom stereocenters. The fourth-order valence-electron chi connectivity index (χ4n) is 3.54. The molecular weight excluding hydrogens is 350 g/mol. The van der Waals surface area contributed by atoms with Gasteiger partial charge in [0, 0.05) is 13.1 Å². The van der Waals surface area contributed by atoms with Crippen molar-refractivity contribution in [3.05, 3.63) is 59.2 Å². The average molecular weight is 373 g/mol. The van der Waals surface area contributed by atoms with E-state index in [0.29, 0.717) is 39.1 Å². The lowest BCUT2D eigenvalue weighted by Gasteiger charge is -2.30. The highest BCUT2D eigenvalue weighted by atomic mass is 32.2. The van der Waals surface area contributed by atoms with Crippen molar-refractivity contribution in [2.45, 2.75) is 25.8 Å². The molecule has 0 amide bonds. The zero-order valence-corrected chi connectivity index (χ0v) is 15.5. The van der Waals surface area contributed by atoms with Crippen molar-refractivity contribution in [1.82, 2.24) is 4.31 Å². The molecule has 6 heteroatoms. The van der Waals surface area contributed by atoms with E-state index in [0.717, 1.165) is 29.0 Å². The second kappa shape index (κ2) is 7.29. The van der Waals surface area contributed by atoms with Crippen molar-refractivity contribution < 1.29 is 17.9 Å². The van der Waals surface area contributed by atoms with Crippen molar-refractivity contribution in [3.63, 3.8) is 0 Å². The summed E-state index contributed by atoms with van der Waals surface area (Å²) < 4.78 is 38.3. The van der Waals surface area contributed by atoms with Crippen molar-refractivity contribution in [3.8, 4) is 11.5 Å². The second-order valence-corrected chi connectivity index (χ2v) is 8.84. The smallest absolute Gasteiger partial charge is 0.214 e. The first-order chi connectivity index (χ1) is 12.6. The van der Waals surface area contributed by atoms with Gasteiger partial charge in [0.25, 0.3) is 0 Å². The Balaban J connectivity index is 1.42. The molecule has 0 saturated carbocycles. The van der Waals surface area contributed by atoms with Crippen LogP contribution in [0.15, 0.2) is 42.5 Å². The largest absolute Gasteiger partial charge is 0.486 e. The average Bonchev–Trinajstić information content (AvgIpc) is 2.66. The number of sulfonamides is 1. The molecule has 2 aliphatic heterocycles. The number of aryl methyl sites for hydroxylation is 1. The molecule has 2 aliphatic rings. The fourth-order valence-corrected chi connectivity index (χ4v) is 5.01. The molecule has 5 nitrogen and oxygen atoms in total. The summed E-state index contributed by atoms with van der Waals surface area (Å²) in [7, 11) is -3.26. The van der Waals surface area contributed by atoms with Crippen molar-refractivity contribution in [1.29, 1.82) is 0 Å². The van der Waals surface area contributed by atoms with Gasteiger partial charge in [-0.3, -0.25) is 0 Å². The summed E-state index contributed by atoms with van der Waals surface area (Å²) in [5.74, 6) is 1.68. The highest BCUT2D eigenvalue weighted by Gasteiger charge is 2.28. The molecule has 0 aliphatic carbocycles. The van der Waals surface area contributed by atoms with Crippen LogP contribution < -0.4 is 9.47 Å². The van der Waals surface area contributed by atoms with Crippen LogP contribution in [0, 0.1) is 0 Å². The number of fused-ring (bicyclic) bond motifs is 2. The topological polar surface area (TPSA) is 55.8 Å². The minimum atomic E-state index is -3.26. The lowest BCUT2D eigenvalue weighted by Crippen LogP contribution is -2.37. The fraction of sp³-hybridized carbons (Fsp3) is 0.400. The molecule has 26 heavy (non-hydrogen) atoms. The Morgan fingerprint density at radius 2 is 1.65 bits per heavy atom. The van der Waals surface area contributed by atoms with Gasteiger partial charge in [0.15, 0.2) is 11.5 Å². The maximum atomic E-state index is 12.7. The van der Waals surface area contributed by atoms with Crippen LogP contribution in [0.4, 0.5) is 0 Å². The van der Waals surface area contributed by atoms with Crippen LogP contribution in [-0.4, -0.2) is 38.2 Å². The van der Waals surface area contributed by atoms with E-state index in [9.17, 15) is 8.42 Å². The highest BCUT2D eigenvalue weighted by Crippen LogP contribution is 2.35. The van der Waals surface area contributed by atoms with E-state index in [1.807, 2.05) is 42.5 Å². The predicted molar refractivity (Wildman–Crippen MR) is 100 cm³/mol. The third-order valence-electron chi connectivity index (χ3n) is 4.95. The van der Waals surface area contributed by atoms with Crippen LogP contribution in [0.25, 0.3) is 0 Å². The van der Waals surface area contributed by atoms with E-state index in [4.69, 9.17) is 9.47 Å². The number of hydrogen-bond donors (Lipinski definition) is 0. The monoisotopic (exact) mass is 373 g/mol. The Labute approximate surface area is 154 Å². The first kappa shape index (κ1) is 17.4. The molecule has 0 radical (unpaired) electrons. The Morgan fingerprint density at radius 1 is 0.962 bits per heavy atom. The molecule has 138 valence electrons. The zero-order valence-electron chi connectivity index (χ0n) is 14.7. The Kier molecular flexibility index (Phi) is 4.87. The van der Waals surface area contributed by atoms with Crippen molar-refractivity contribution in [2.24, 2.45) is 0 Å². The molecule has 0 bridgehead atoms. The van der Waals surface area contributed by atoms with Gasteiger partial charge in [-0.1, -0.05) is 30.3 Å². The van der Waals surface area contributed by atoms with Gasteiger partial charge in [0.1, 0.15) is 13.2 Å². The number of rotatable bonds is 5. The summed E-state index contributed by atoms with van der Waals surface area (Å²) in [6.07, 6.45) is 2.13. The zero-order chi connectivity index (χ0) is 18.0. The Hall–Kier alpha value is -2.05. The molecule has 0 saturated heterocycles. The Morgan fingerprint density at radius 3 is 2.38 bits per heavy atom. The van der Waals surface area contributed by atoms with E-state index in [1.165, 1.54) is 5.56 Å². The number of nitrogens with zero attached hydrogens (tertiary/aromatic N) is 1. The Bertz CT molecular complexity index is 880. The first-order valence-corrected chi connectivity index (χ1v) is 10.7. The van der Waals surface area contributed by atoms with Gasteiger partial charge >= 0.3 is 0 Å². The maximum Gasteiger partial charge on any atom is 0.214 e. The number of ether oxygens (including phenoxy) is 2. The van der Waals surface area contributed by atoms with Crippen LogP contribution in [0.5, 0.6) is 11.5 Å². The van der Waals surface area contributed by atoms with Gasteiger partial charge in [-0.2, -0.15) is 4.31 Å². The lowest BCUT2D eigenvalue weighted by molar-refractivity contribution is 0.171. The van der Waals surface area contributed by atoms with Crippen molar-refractivity contribution in [2.75, 3.05) is 25.5 Å². The van der Waals surface area contributed by atoms with Gasteiger partial charge in [0.05, 0.1) is 5.75 Å². The minimum absolute atomic E-state index is 0.182. The number of hydrogen-bond acceptors (Lipinski definition) is 4. The van der Waals surface area contributed by atoms with E-state index < -0.39 is 10.0 Å². The highest BCUT2D eigenvalue weighted by molar-refractivity contribution is 7.89. The summed E-state index contributed by atoms with van der Waals surface area (Å²) in [5, 5.41) is 0. The SMILES string of the molecule is O=S(=O)(CCCc1ccccc1)N1CCc2cc3c(cc2C1)OCCO3. The maximum absolute atomic E-state index is 12.7. The molecule has 2 heterocycles. The normalized spacial score (nSPS) is 16.9. The van der Waals surface area contributed by atoms with Crippen LogP contribution in [0.2, 0.25) is 0 Å². The summed E-state index contributed by atoms with van der Waals surface area (Å²) in [6.45, 7) is 2.04. The van der Waals surface area contributed by atoms with Gasteiger partial charge in [0.2, 0.25) is 10.0 Å². The summed E-state index contributed by atoms with van der Waals surface area (Å²) in [4.78, 5) is 0. The molecule has 0 atom stereocenters. The quantitative estimate of drug-likeness (QED) is 0.809. The first-order valence-electron chi connectivity index (χ1n) is 9.05. The predicted octanol–water partition coefficient (Wildman–Crippen LogP) is 2.78. The molecule has 0 fully saturated rings. The standard InChI is InChI=1S/C20H23NO4S/c22-26(23,12-4-7-16-5-2-1-3-6-16)21-9-8-17-13-19-20(14-18(17)15-21)25-11-10-24-19/h1-3,5-6,13-14H,4,7-12,15H2.